The van der Waals surface area contributed by atoms with Gasteiger partial charge in [0.1, 0.15) is 5.75 Å². The molecule has 0 aliphatic rings. The van der Waals surface area contributed by atoms with E-state index in [2.05, 4.69) is 9.44 Å². The van der Waals surface area contributed by atoms with E-state index in [0.717, 1.165) is 0 Å². The van der Waals surface area contributed by atoms with Gasteiger partial charge in [0.05, 0.1) is 28.3 Å². The smallest absolute Gasteiger partial charge is 0.262 e. The molecule has 7 nitrogen and oxygen atoms in total. The van der Waals surface area contributed by atoms with Crippen molar-refractivity contribution in [1.29, 1.82) is 0 Å². The summed E-state index contributed by atoms with van der Waals surface area (Å²) in [5, 5.41) is 0. The topological polar surface area (TPSA) is 102 Å². The number of rotatable bonds is 7. The fraction of sp³-hybridized carbons (Fsp3) is 0.0526. The first-order valence-electron chi connectivity index (χ1n) is 8.15. The number of methoxy groups -OCH3 is 1. The Morgan fingerprint density at radius 1 is 0.679 bits per heavy atom. The van der Waals surface area contributed by atoms with Crippen molar-refractivity contribution in [3.63, 3.8) is 0 Å². The fourth-order valence-corrected chi connectivity index (χ4v) is 4.66. The minimum atomic E-state index is -3.95. The van der Waals surface area contributed by atoms with Gasteiger partial charge in [0.25, 0.3) is 20.0 Å². The molecule has 0 aromatic heterocycles. The van der Waals surface area contributed by atoms with Crippen molar-refractivity contribution >= 4 is 31.4 Å². The van der Waals surface area contributed by atoms with Gasteiger partial charge in [0.2, 0.25) is 0 Å². The van der Waals surface area contributed by atoms with Crippen LogP contribution >= 0.6 is 0 Å². The zero-order valence-corrected chi connectivity index (χ0v) is 16.5. The summed E-state index contributed by atoms with van der Waals surface area (Å²) < 4.78 is 60.3. The van der Waals surface area contributed by atoms with Gasteiger partial charge in [-0.05, 0) is 42.5 Å². The number of benzene rings is 3. The van der Waals surface area contributed by atoms with Crippen LogP contribution in [-0.4, -0.2) is 23.9 Å². The molecule has 146 valence electrons. The average molecular weight is 418 g/mol. The van der Waals surface area contributed by atoms with Crippen LogP contribution in [-0.2, 0) is 20.0 Å². The van der Waals surface area contributed by atoms with E-state index in [1.165, 1.54) is 43.5 Å². The predicted molar refractivity (Wildman–Crippen MR) is 107 cm³/mol. The third-order valence-corrected chi connectivity index (χ3v) is 6.56. The molecule has 0 saturated carbocycles. The number of para-hydroxylation sites is 2. The number of anilines is 2. The minimum absolute atomic E-state index is 0.0791. The maximum absolute atomic E-state index is 12.7. The highest BCUT2D eigenvalue weighted by Crippen LogP contribution is 2.27. The van der Waals surface area contributed by atoms with Crippen LogP contribution in [0, 0.1) is 0 Å². The SMILES string of the molecule is COc1ccccc1NS(=O)(=O)c1cccc(NS(=O)(=O)c2ccccc2)c1. The zero-order valence-electron chi connectivity index (χ0n) is 14.9. The van der Waals surface area contributed by atoms with E-state index in [1.807, 2.05) is 0 Å². The highest BCUT2D eigenvalue weighted by molar-refractivity contribution is 7.93. The van der Waals surface area contributed by atoms with E-state index >= 15 is 0 Å². The van der Waals surface area contributed by atoms with Crippen molar-refractivity contribution in [2.75, 3.05) is 16.6 Å². The van der Waals surface area contributed by atoms with Gasteiger partial charge in [0.15, 0.2) is 0 Å². The second kappa shape index (κ2) is 7.91. The van der Waals surface area contributed by atoms with Crippen LogP contribution in [0.5, 0.6) is 5.75 Å². The van der Waals surface area contributed by atoms with E-state index in [-0.39, 0.29) is 21.2 Å². The lowest BCUT2D eigenvalue weighted by molar-refractivity contribution is 0.417. The monoisotopic (exact) mass is 418 g/mol. The number of ether oxygens (including phenoxy) is 1. The van der Waals surface area contributed by atoms with Crippen LogP contribution in [0.15, 0.2) is 88.7 Å². The van der Waals surface area contributed by atoms with Crippen LogP contribution in [0.4, 0.5) is 11.4 Å². The summed E-state index contributed by atoms with van der Waals surface area (Å²) in [4.78, 5) is -0.0120. The van der Waals surface area contributed by atoms with E-state index in [1.54, 1.807) is 42.5 Å². The molecular weight excluding hydrogens is 400 g/mol. The largest absolute Gasteiger partial charge is 0.495 e. The van der Waals surface area contributed by atoms with E-state index in [9.17, 15) is 16.8 Å². The standard InChI is InChI=1S/C19H18N2O5S2/c1-26-19-13-6-5-12-18(19)21-28(24,25)17-11-7-8-15(14-17)20-27(22,23)16-9-3-2-4-10-16/h2-14,20-21H,1H3. The summed E-state index contributed by atoms with van der Waals surface area (Å²) in [6, 6.07) is 20.0. The van der Waals surface area contributed by atoms with Crippen molar-refractivity contribution in [1.82, 2.24) is 0 Å². The second-order valence-corrected chi connectivity index (χ2v) is 9.12. The van der Waals surface area contributed by atoms with E-state index in [0.29, 0.717) is 5.75 Å². The molecule has 2 N–H and O–H groups in total. The lowest BCUT2D eigenvalue weighted by atomic mass is 10.3. The van der Waals surface area contributed by atoms with Crippen LogP contribution in [0.1, 0.15) is 0 Å². The lowest BCUT2D eigenvalue weighted by Gasteiger charge is -2.13. The average Bonchev–Trinajstić information content (AvgIpc) is 2.69. The van der Waals surface area contributed by atoms with Gasteiger partial charge in [-0.1, -0.05) is 36.4 Å². The van der Waals surface area contributed by atoms with E-state index < -0.39 is 20.0 Å². The molecule has 0 aliphatic heterocycles. The number of sulfonamides is 2. The first-order valence-corrected chi connectivity index (χ1v) is 11.1. The Morgan fingerprint density at radius 2 is 1.29 bits per heavy atom. The van der Waals surface area contributed by atoms with Crippen molar-refractivity contribution in [2.45, 2.75) is 9.79 Å². The van der Waals surface area contributed by atoms with Crippen molar-refractivity contribution in [2.24, 2.45) is 0 Å². The third kappa shape index (κ3) is 4.44. The molecule has 0 atom stereocenters. The van der Waals surface area contributed by atoms with Gasteiger partial charge in [-0.3, -0.25) is 9.44 Å². The molecule has 0 bridgehead atoms. The van der Waals surface area contributed by atoms with Crippen LogP contribution in [0.2, 0.25) is 0 Å². The summed E-state index contributed by atoms with van der Waals surface area (Å²) >= 11 is 0. The van der Waals surface area contributed by atoms with E-state index in [4.69, 9.17) is 4.74 Å². The Kier molecular flexibility index (Phi) is 5.57. The number of hydrogen-bond donors (Lipinski definition) is 2. The predicted octanol–water partition coefficient (Wildman–Crippen LogP) is 3.30. The van der Waals surface area contributed by atoms with Crippen molar-refractivity contribution in [3.8, 4) is 5.75 Å². The third-order valence-electron chi connectivity index (χ3n) is 3.80. The molecule has 28 heavy (non-hydrogen) atoms. The summed E-state index contributed by atoms with van der Waals surface area (Å²) in [5.41, 5.74) is 0.409. The van der Waals surface area contributed by atoms with Gasteiger partial charge in [-0.2, -0.15) is 0 Å². The minimum Gasteiger partial charge on any atom is -0.495 e. The molecule has 3 aromatic carbocycles. The van der Waals surface area contributed by atoms with Gasteiger partial charge in [-0.15, -0.1) is 0 Å². The number of hydrogen-bond acceptors (Lipinski definition) is 5. The molecule has 0 heterocycles. The molecule has 0 aliphatic carbocycles. The Hall–Kier alpha value is -3.04. The molecular formula is C19H18N2O5S2. The van der Waals surface area contributed by atoms with Gasteiger partial charge in [0, 0.05) is 0 Å². The Morgan fingerprint density at radius 3 is 2.00 bits per heavy atom. The highest BCUT2D eigenvalue weighted by atomic mass is 32.2. The summed E-state index contributed by atoms with van der Waals surface area (Å²) in [6.07, 6.45) is 0. The first-order chi connectivity index (χ1) is 13.3. The van der Waals surface area contributed by atoms with Crippen LogP contribution < -0.4 is 14.2 Å². The summed E-state index contributed by atoms with van der Waals surface area (Å²) in [5.74, 6) is 0.368. The second-order valence-electron chi connectivity index (χ2n) is 5.75. The fourth-order valence-electron chi connectivity index (χ4n) is 2.47. The van der Waals surface area contributed by atoms with Crippen LogP contribution in [0.25, 0.3) is 0 Å². The zero-order chi connectivity index (χ0) is 20.2. The highest BCUT2D eigenvalue weighted by Gasteiger charge is 2.19. The van der Waals surface area contributed by atoms with Gasteiger partial charge >= 0.3 is 0 Å². The molecule has 0 fully saturated rings. The molecule has 3 rings (SSSR count). The van der Waals surface area contributed by atoms with Gasteiger partial charge in [-0.25, -0.2) is 16.8 Å². The Balaban J connectivity index is 1.88. The van der Waals surface area contributed by atoms with Crippen LogP contribution in [0.3, 0.4) is 0 Å². The molecule has 0 unspecified atom stereocenters. The molecule has 9 heteroatoms. The summed E-state index contributed by atoms with van der Waals surface area (Å²) in [6.45, 7) is 0. The maximum atomic E-state index is 12.7. The molecule has 3 aromatic rings. The summed E-state index contributed by atoms with van der Waals surface area (Å²) in [7, 11) is -6.35. The molecule has 0 spiro atoms. The lowest BCUT2D eigenvalue weighted by Crippen LogP contribution is -2.15. The molecule has 0 amide bonds. The first kappa shape index (κ1) is 19.7. The Labute approximate surface area is 164 Å². The maximum Gasteiger partial charge on any atom is 0.262 e. The number of nitrogens with one attached hydrogen (secondary N) is 2. The van der Waals surface area contributed by atoms with Crippen molar-refractivity contribution in [3.05, 3.63) is 78.9 Å². The molecule has 0 saturated heterocycles. The van der Waals surface area contributed by atoms with Crippen molar-refractivity contribution < 1.29 is 21.6 Å². The van der Waals surface area contributed by atoms with Gasteiger partial charge < -0.3 is 4.74 Å². The Bertz CT molecular complexity index is 1180. The molecule has 0 radical (unpaired) electrons. The normalized spacial score (nSPS) is 11.6. The quantitative estimate of drug-likeness (QED) is 0.613.